The van der Waals surface area contributed by atoms with Gasteiger partial charge in [0.2, 0.25) is 0 Å². The maximum Gasteiger partial charge on any atom is 0.513 e. The zero-order valence-corrected chi connectivity index (χ0v) is 113. The van der Waals surface area contributed by atoms with Crippen molar-refractivity contribution in [2.45, 2.75) is 372 Å². The SMILES string of the molecule is C=COC(=O)OCCCC[Si](C)(C)O[Si](C)(C)O[Si](C)(C)O[Si](C)(C)O[Si](C)(C)O[Si](C)(C)O[Si](C)(C)O[Si](C)(C)O[Si](C)(C)O[Si](C)(C)O[Si](C)(C)O[Si](C)(C)O[Si](C)(C)O[Si](C)(C)O[Si](C)(C)O[Si](C)(C)O[Si](C)(C)O[Si](C)(C)O[Si](C)(C)O[Si](C)(C)O[Si](C)(C)O[Si](C)(C)O[Si](C)(C)O[Si](C)(C)O[Si](C)(C)O[Si](C)(C)O[Si](C)(C)C(=O)C=C. The molecule has 30 nitrogen and oxygen atoms in total. The number of hydrogen-bond acceptors (Lipinski definition) is 30. The molecule has 0 amide bonds. The molecular formula is C64H176O30Si27. The molecule has 0 aliphatic heterocycles. The zero-order valence-electron chi connectivity index (χ0n) is 86.1. The van der Waals surface area contributed by atoms with Gasteiger partial charge in [-0.3, -0.25) is 4.79 Å². The molecule has 0 spiro atoms. The topological polar surface area (TPSA) is 293 Å². The van der Waals surface area contributed by atoms with Crippen LogP contribution >= 0.6 is 0 Å². The summed E-state index contributed by atoms with van der Waals surface area (Å²) in [6, 6.07) is 0.884. The molecule has 0 aromatic carbocycles. The van der Waals surface area contributed by atoms with Crippen molar-refractivity contribution >= 4 is 242 Å². The number of ether oxygens (including phenoxy) is 2. The number of unbranched alkanes of at least 4 members (excludes halogenated alkanes) is 1. The Bertz CT molecular complexity index is 3300. The van der Waals surface area contributed by atoms with Crippen molar-refractivity contribution in [2.24, 2.45) is 0 Å². The Morgan fingerprint density at radius 3 is 0.463 bits per heavy atom. The van der Waals surface area contributed by atoms with Crippen molar-refractivity contribution in [2.75, 3.05) is 6.61 Å². The Morgan fingerprint density at radius 2 is 0.331 bits per heavy atom. The number of carbonyl (C=O) groups excluding carboxylic acids is 2. The monoisotopic (exact) mass is 2180 g/mol. The zero-order chi connectivity index (χ0) is 96.7. The number of carbonyl (C=O) groups is 2. The van der Waals surface area contributed by atoms with Gasteiger partial charge in [-0.1, -0.05) is 19.6 Å². The molecule has 0 bridgehead atoms. The van der Waals surface area contributed by atoms with E-state index in [9.17, 15) is 9.59 Å². The molecule has 0 aliphatic carbocycles. The second-order valence-electron chi connectivity index (χ2n) is 43.3. The first-order valence-electron chi connectivity index (χ1n) is 42.2. The minimum atomic E-state index is -2.94. The van der Waals surface area contributed by atoms with E-state index >= 15 is 0 Å². The fourth-order valence-corrected chi connectivity index (χ4v) is 157. The predicted octanol–water partition coefficient (Wildman–Crippen LogP) is 21.7. The van der Waals surface area contributed by atoms with Gasteiger partial charge in [-0.05, 0) is 372 Å². The summed E-state index contributed by atoms with van der Waals surface area (Å²) in [7, 11) is -77.1. The van der Waals surface area contributed by atoms with Crippen molar-refractivity contribution in [3.05, 3.63) is 25.5 Å². The highest BCUT2D eigenvalue weighted by molar-refractivity contribution is 7.06. The summed E-state index contributed by atoms with van der Waals surface area (Å²) in [6.07, 6.45) is 3.20. The van der Waals surface area contributed by atoms with Crippen LogP contribution in [0.5, 0.6) is 0 Å². The average Bonchev–Trinajstić information content (AvgIpc) is 0.799. The van der Waals surface area contributed by atoms with Crippen LogP contribution in [0.15, 0.2) is 25.5 Å². The van der Waals surface area contributed by atoms with Gasteiger partial charge in [0.15, 0.2) is 13.7 Å². The molecule has 0 saturated heterocycles. The quantitative estimate of drug-likeness (QED) is 0.0180. The molecule has 121 heavy (non-hydrogen) atoms. The minimum Gasteiger partial charge on any atom is -0.436 e. The lowest BCUT2D eigenvalue weighted by molar-refractivity contribution is -0.109. The molecule has 720 valence electrons. The van der Waals surface area contributed by atoms with Crippen LogP contribution < -0.4 is 0 Å². The fourth-order valence-electron chi connectivity index (χ4n) is 17.3. The highest BCUT2D eigenvalue weighted by Crippen LogP contribution is 2.38. The third-order valence-electron chi connectivity index (χ3n) is 15.2. The number of hydrogen-bond donors (Lipinski definition) is 0. The molecule has 0 N–H and O–H groups in total. The van der Waals surface area contributed by atoms with Gasteiger partial charge in [0.1, 0.15) is 0 Å². The van der Waals surface area contributed by atoms with E-state index < -0.39 is 237 Å². The first kappa shape index (κ1) is 124. The highest BCUT2D eigenvalue weighted by atomic mass is 28.6. The number of allylic oxidation sites excluding steroid dienone is 1. The molecule has 0 unspecified atom stereocenters. The summed E-state index contributed by atoms with van der Waals surface area (Å²) in [5, 5.41) is -0.0712. The summed E-state index contributed by atoms with van der Waals surface area (Å²) < 4.78 is 190. The van der Waals surface area contributed by atoms with Crippen LogP contribution in [0.25, 0.3) is 0 Å². The van der Waals surface area contributed by atoms with E-state index in [0.717, 1.165) is 18.7 Å². The molecule has 0 aromatic rings. The number of rotatable bonds is 60. The van der Waals surface area contributed by atoms with Gasteiger partial charge in [-0.25, -0.2) is 4.79 Å². The van der Waals surface area contributed by atoms with Crippen LogP contribution in [0.2, 0.25) is 360 Å². The van der Waals surface area contributed by atoms with Crippen molar-refractivity contribution in [3.63, 3.8) is 0 Å². The molecular weight excluding hydrogens is 2010 g/mol. The van der Waals surface area contributed by atoms with Crippen LogP contribution in [0.1, 0.15) is 12.8 Å². The normalized spacial score (nSPS) is 15.7. The van der Waals surface area contributed by atoms with Crippen LogP contribution in [0, 0.1) is 0 Å². The third kappa shape index (κ3) is 56.4. The van der Waals surface area contributed by atoms with Gasteiger partial charge in [-0.2, -0.15) is 0 Å². The van der Waals surface area contributed by atoms with E-state index in [0.29, 0.717) is 6.42 Å². The highest BCUT2D eigenvalue weighted by Gasteiger charge is 2.58. The standard InChI is InChI=1S/C64H176O30Si27/c1-57-63(65)96(5,6)70-98(9,10)72-100(13,14)74-102(17,18)76-104(21,22)78-106(25,26)80-108(29,30)82-110(33,34)84-112(37,38)86-114(41,42)88-116(45,46)90-118(49,50)92-120(53,54)94-121(55,56)93-119(51,52)91-117(47,48)89-115(43,44)87-113(39,40)85-111(35,36)83-109(31,32)81-107(27,28)79-105(23,24)77-103(19,20)75-101(15,16)73-99(11,12)71-97(7,8)69-95(3,4)62-60-59-61-68-64(66)67-58-2/h57-58H,1-2,59-62H2,3-56H3. The summed E-state index contributed by atoms with van der Waals surface area (Å²) in [5.41, 5.74) is 0. The second-order valence-corrected chi connectivity index (χ2v) is 142. The van der Waals surface area contributed by atoms with Gasteiger partial charge in [0.25, 0.3) is 8.32 Å². The first-order valence-corrected chi connectivity index (χ1v) is 119. The average molecular weight is 2180 g/mol. The first-order chi connectivity index (χ1) is 52.3. The maximum absolute atomic E-state index is 12.6. The molecule has 0 heterocycles. The van der Waals surface area contributed by atoms with E-state index in [4.69, 9.17) is 112 Å². The lowest BCUT2D eigenvalue weighted by Gasteiger charge is -2.45. The summed E-state index contributed by atoms with van der Waals surface area (Å²) in [4.78, 5) is 24.2. The third-order valence-corrected chi connectivity index (χ3v) is 121. The minimum absolute atomic E-state index is 0.0712. The molecule has 0 radical (unpaired) electrons. The van der Waals surface area contributed by atoms with E-state index in [1.54, 1.807) is 0 Å². The van der Waals surface area contributed by atoms with Crippen LogP contribution in [-0.2, 0) is 121 Å². The lowest BCUT2D eigenvalue weighted by atomic mass is 10.4. The Balaban J connectivity index is 5.92. The van der Waals surface area contributed by atoms with Crippen LogP contribution in [-0.4, -0.2) is 249 Å². The lowest BCUT2D eigenvalue weighted by Crippen LogP contribution is -2.63. The maximum atomic E-state index is 12.6. The van der Waals surface area contributed by atoms with E-state index in [2.05, 4.69) is 57.2 Å². The molecule has 57 heteroatoms. The molecule has 0 saturated carbocycles. The fraction of sp³-hybridized carbons (Fsp3) is 0.906. The van der Waals surface area contributed by atoms with Crippen molar-refractivity contribution in [1.82, 2.24) is 0 Å². The summed E-state index contributed by atoms with van der Waals surface area (Å²) in [5.74, 6) is 0. The Kier molecular flexibility index (Phi) is 44.9. The van der Waals surface area contributed by atoms with Gasteiger partial charge in [0, 0.05) is 0 Å². The second kappa shape index (κ2) is 43.7. The largest absolute Gasteiger partial charge is 0.513 e. The van der Waals surface area contributed by atoms with Gasteiger partial charge < -0.3 is 116 Å². The Morgan fingerprint density at radius 1 is 0.198 bits per heavy atom. The summed E-state index contributed by atoms with van der Waals surface area (Å²) >= 11 is 0. The van der Waals surface area contributed by atoms with Gasteiger partial charge >= 0.3 is 220 Å². The van der Waals surface area contributed by atoms with Gasteiger partial charge in [0.05, 0.1) is 12.9 Å². The van der Waals surface area contributed by atoms with E-state index in [1.807, 2.05) is 314 Å². The molecule has 0 fully saturated rings. The molecule has 0 atom stereocenters. The van der Waals surface area contributed by atoms with Crippen molar-refractivity contribution in [3.8, 4) is 0 Å². The predicted molar refractivity (Wildman–Crippen MR) is 552 cm³/mol. The van der Waals surface area contributed by atoms with E-state index in [1.165, 1.54) is 6.08 Å². The molecule has 0 rings (SSSR count). The molecule has 0 aliphatic rings. The Hall–Kier alpha value is 3.24. The van der Waals surface area contributed by atoms with E-state index in [-0.39, 0.29) is 12.0 Å². The van der Waals surface area contributed by atoms with Crippen molar-refractivity contribution < 1.29 is 126 Å². The van der Waals surface area contributed by atoms with Crippen LogP contribution in [0.3, 0.4) is 0 Å². The Labute approximate surface area is 766 Å². The van der Waals surface area contributed by atoms with Crippen molar-refractivity contribution in [1.29, 1.82) is 0 Å². The molecule has 0 aromatic heterocycles. The summed E-state index contributed by atoms with van der Waals surface area (Å²) in [6.45, 7) is 117. The smallest absolute Gasteiger partial charge is 0.436 e. The van der Waals surface area contributed by atoms with Crippen LogP contribution in [0.4, 0.5) is 4.79 Å². The van der Waals surface area contributed by atoms with Gasteiger partial charge in [-0.15, -0.1) is 0 Å².